The predicted octanol–water partition coefficient (Wildman–Crippen LogP) is 1.20. The molecular weight excluding hydrogens is 222 g/mol. The fourth-order valence-electron chi connectivity index (χ4n) is 2.09. The summed E-state index contributed by atoms with van der Waals surface area (Å²) in [7, 11) is 0. The third-order valence-electron chi connectivity index (χ3n) is 3.19. The molecule has 1 aliphatic rings. The number of anilines is 1. The van der Waals surface area contributed by atoms with E-state index in [0.717, 1.165) is 25.2 Å². The van der Waals surface area contributed by atoms with Gasteiger partial charge >= 0.3 is 5.82 Å². The van der Waals surface area contributed by atoms with Crippen LogP contribution in [0.4, 0.5) is 11.5 Å². The van der Waals surface area contributed by atoms with Crippen molar-refractivity contribution in [1.82, 2.24) is 4.98 Å². The van der Waals surface area contributed by atoms with Crippen LogP contribution in [0.3, 0.4) is 0 Å². The molecule has 0 spiro atoms. The molecule has 1 aromatic heterocycles. The molecule has 2 heterocycles. The largest absolute Gasteiger partial charge is 0.393 e. The van der Waals surface area contributed by atoms with Crippen molar-refractivity contribution >= 4 is 11.5 Å². The van der Waals surface area contributed by atoms with Gasteiger partial charge in [-0.2, -0.15) is 0 Å². The van der Waals surface area contributed by atoms with Crippen molar-refractivity contribution in [3.63, 3.8) is 0 Å². The van der Waals surface area contributed by atoms with Crippen LogP contribution in [0.25, 0.3) is 0 Å². The Hall–Kier alpha value is -1.69. The van der Waals surface area contributed by atoms with Crippen LogP contribution in [0, 0.1) is 16.0 Å². The lowest BCUT2D eigenvalue weighted by Gasteiger charge is -2.18. The van der Waals surface area contributed by atoms with Gasteiger partial charge in [0, 0.05) is 25.1 Å². The van der Waals surface area contributed by atoms with E-state index in [4.69, 9.17) is 0 Å². The molecule has 2 rings (SSSR count). The highest BCUT2D eigenvalue weighted by Gasteiger charge is 2.26. The molecule has 92 valence electrons. The van der Waals surface area contributed by atoms with Gasteiger partial charge in [-0.25, -0.2) is 0 Å². The Morgan fingerprint density at radius 2 is 2.41 bits per heavy atom. The minimum absolute atomic E-state index is 0.139. The molecule has 6 nitrogen and oxygen atoms in total. The molecule has 0 radical (unpaired) electrons. The fraction of sp³-hybridized carbons (Fsp3) is 0.545. The molecular formula is C11H15N3O3. The molecule has 2 unspecified atom stereocenters. The molecule has 0 saturated carbocycles. The molecule has 2 atom stereocenters. The Bertz CT molecular complexity index is 405. The third kappa shape index (κ3) is 2.52. The molecule has 17 heavy (non-hydrogen) atoms. The Balaban J connectivity index is 2.06. The van der Waals surface area contributed by atoms with Crippen LogP contribution in [0.1, 0.15) is 13.3 Å². The number of pyridine rings is 1. The van der Waals surface area contributed by atoms with Gasteiger partial charge < -0.3 is 20.1 Å². The van der Waals surface area contributed by atoms with Gasteiger partial charge in [-0.3, -0.25) is 0 Å². The summed E-state index contributed by atoms with van der Waals surface area (Å²) in [6.45, 7) is 3.43. The van der Waals surface area contributed by atoms with E-state index in [-0.39, 0.29) is 17.8 Å². The van der Waals surface area contributed by atoms with Gasteiger partial charge in [-0.15, -0.1) is 0 Å². The average Bonchev–Trinajstić information content (AvgIpc) is 2.78. The molecule has 6 heteroatoms. The van der Waals surface area contributed by atoms with Crippen LogP contribution >= 0.6 is 0 Å². The normalized spacial score (nSPS) is 21.5. The highest BCUT2D eigenvalue weighted by Crippen LogP contribution is 2.25. The van der Waals surface area contributed by atoms with Crippen LogP contribution in [0.15, 0.2) is 18.3 Å². The van der Waals surface area contributed by atoms with E-state index in [1.54, 1.807) is 13.0 Å². The molecule has 1 N–H and O–H groups in total. The molecule has 1 fully saturated rings. The number of hydrogen-bond acceptors (Lipinski definition) is 5. The smallest absolute Gasteiger partial charge is 0.363 e. The minimum Gasteiger partial charge on any atom is -0.393 e. The van der Waals surface area contributed by atoms with Gasteiger partial charge in [0.15, 0.2) is 6.20 Å². The maximum Gasteiger partial charge on any atom is 0.363 e. The lowest BCUT2D eigenvalue weighted by molar-refractivity contribution is -0.389. The average molecular weight is 237 g/mol. The van der Waals surface area contributed by atoms with Crippen molar-refractivity contribution in [3.8, 4) is 0 Å². The highest BCUT2D eigenvalue weighted by molar-refractivity contribution is 5.47. The SMILES string of the molecule is CC(O)C1CCN(c2ccc([N+](=O)[O-])nc2)C1. The first kappa shape index (κ1) is 11.8. The summed E-state index contributed by atoms with van der Waals surface area (Å²) in [6, 6.07) is 3.11. The number of rotatable bonds is 3. The number of hydrogen-bond donors (Lipinski definition) is 1. The summed E-state index contributed by atoms with van der Waals surface area (Å²) < 4.78 is 0. The number of aromatic nitrogens is 1. The summed E-state index contributed by atoms with van der Waals surface area (Å²) in [6.07, 6.45) is 2.14. The zero-order valence-electron chi connectivity index (χ0n) is 9.61. The van der Waals surface area contributed by atoms with Crippen LogP contribution in [0.5, 0.6) is 0 Å². The molecule has 1 aliphatic heterocycles. The van der Waals surface area contributed by atoms with E-state index in [1.807, 2.05) is 0 Å². The first-order valence-corrected chi connectivity index (χ1v) is 5.61. The van der Waals surface area contributed by atoms with Crippen LogP contribution in [0.2, 0.25) is 0 Å². The van der Waals surface area contributed by atoms with Gasteiger partial charge in [-0.05, 0) is 29.3 Å². The summed E-state index contributed by atoms with van der Waals surface area (Å²) in [5.41, 5.74) is 0.874. The van der Waals surface area contributed by atoms with Gasteiger partial charge in [0.25, 0.3) is 0 Å². The maximum absolute atomic E-state index is 10.5. The molecule has 0 bridgehead atoms. The molecule has 1 aromatic rings. The van der Waals surface area contributed by atoms with E-state index >= 15 is 0 Å². The Morgan fingerprint density at radius 3 is 2.88 bits per heavy atom. The topological polar surface area (TPSA) is 79.5 Å². The van der Waals surface area contributed by atoms with Gasteiger partial charge in [0.1, 0.15) is 0 Å². The second kappa shape index (κ2) is 4.67. The van der Waals surface area contributed by atoms with Crippen molar-refractivity contribution < 1.29 is 10.0 Å². The monoisotopic (exact) mass is 237 g/mol. The third-order valence-corrected chi connectivity index (χ3v) is 3.19. The van der Waals surface area contributed by atoms with Crippen molar-refractivity contribution in [2.75, 3.05) is 18.0 Å². The van der Waals surface area contributed by atoms with Crippen LogP contribution in [-0.2, 0) is 0 Å². The molecule has 0 aliphatic carbocycles. The first-order valence-electron chi connectivity index (χ1n) is 5.61. The fourth-order valence-corrected chi connectivity index (χ4v) is 2.09. The number of aliphatic hydroxyl groups excluding tert-OH is 1. The maximum atomic E-state index is 10.5. The van der Waals surface area contributed by atoms with Crippen molar-refractivity contribution in [1.29, 1.82) is 0 Å². The molecule has 0 aromatic carbocycles. The lowest BCUT2D eigenvalue weighted by Crippen LogP contribution is -2.23. The molecule has 0 amide bonds. The number of nitrogens with zero attached hydrogens (tertiary/aromatic N) is 3. The van der Waals surface area contributed by atoms with Crippen molar-refractivity contribution in [2.45, 2.75) is 19.4 Å². The van der Waals surface area contributed by atoms with Crippen LogP contribution < -0.4 is 4.90 Å². The summed E-state index contributed by atoms with van der Waals surface area (Å²) in [4.78, 5) is 15.8. The van der Waals surface area contributed by atoms with E-state index in [0.29, 0.717) is 0 Å². The second-order valence-corrected chi connectivity index (χ2v) is 4.37. The van der Waals surface area contributed by atoms with E-state index in [9.17, 15) is 15.2 Å². The Labute approximate surface area is 99.0 Å². The number of aliphatic hydroxyl groups is 1. The first-order chi connectivity index (χ1) is 8.08. The molecule has 1 saturated heterocycles. The predicted molar refractivity (Wildman–Crippen MR) is 62.9 cm³/mol. The quantitative estimate of drug-likeness (QED) is 0.631. The Kier molecular flexibility index (Phi) is 3.23. The van der Waals surface area contributed by atoms with E-state index < -0.39 is 4.92 Å². The second-order valence-electron chi connectivity index (χ2n) is 4.37. The summed E-state index contributed by atoms with van der Waals surface area (Å²) in [5, 5.41) is 20.0. The zero-order valence-corrected chi connectivity index (χ0v) is 9.61. The van der Waals surface area contributed by atoms with Crippen molar-refractivity contribution in [3.05, 3.63) is 28.4 Å². The van der Waals surface area contributed by atoms with Gasteiger partial charge in [0.05, 0.1) is 11.8 Å². The van der Waals surface area contributed by atoms with Crippen molar-refractivity contribution in [2.24, 2.45) is 5.92 Å². The lowest BCUT2D eigenvalue weighted by atomic mass is 10.0. The van der Waals surface area contributed by atoms with E-state index in [2.05, 4.69) is 9.88 Å². The standard InChI is InChI=1S/C11H15N3O3/c1-8(15)9-4-5-13(7-9)10-2-3-11(12-6-10)14(16)17/h2-3,6,8-9,15H,4-5,7H2,1H3. The highest BCUT2D eigenvalue weighted by atomic mass is 16.6. The number of nitro groups is 1. The summed E-state index contributed by atoms with van der Waals surface area (Å²) in [5.74, 6) is 0.130. The van der Waals surface area contributed by atoms with Crippen LogP contribution in [-0.4, -0.2) is 34.2 Å². The van der Waals surface area contributed by atoms with Gasteiger partial charge in [0.2, 0.25) is 0 Å². The minimum atomic E-state index is -0.508. The summed E-state index contributed by atoms with van der Waals surface area (Å²) >= 11 is 0. The zero-order chi connectivity index (χ0) is 12.4. The van der Waals surface area contributed by atoms with Gasteiger partial charge in [-0.1, -0.05) is 0 Å². The Morgan fingerprint density at radius 1 is 1.65 bits per heavy atom. The van der Waals surface area contributed by atoms with E-state index in [1.165, 1.54) is 12.3 Å².